The van der Waals surface area contributed by atoms with Crippen LogP contribution in [-0.4, -0.2) is 205 Å². The first-order chi connectivity index (χ1) is 20.5. The molecule has 0 spiro atoms. The van der Waals surface area contributed by atoms with E-state index in [9.17, 15) is 61.3 Å². The van der Waals surface area contributed by atoms with Crippen LogP contribution in [0.1, 0.15) is 0 Å². The van der Waals surface area contributed by atoms with Gasteiger partial charge in [0.1, 0.15) is 73.2 Å². The Hall–Kier alpha value is -0.760. The van der Waals surface area contributed by atoms with Crippen LogP contribution < -0.4 is 5.32 Å². The lowest BCUT2D eigenvalue weighted by Gasteiger charge is -2.48. The van der Waals surface area contributed by atoms with E-state index < -0.39 is 130 Å². The van der Waals surface area contributed by atoms with Crippen LogP contribution in [0.25, 0.3) is 0 Å². The van der Waals surface area contributed by atoms with Crippen molar-refractivity contribution in [3.63, 3.8) is 0 Å². The maximum absolute atomic E-state index is 10.9. The first kappa shape index (κ1) is 35.1. The highest BCUT2D eigenvalue weighted by molar-refractivity contribution is 4.97. The van der Waals surface area contributed by atoms with E-state index in [4.69, 9.17) is 28.4 Å². The van der Waals surface area contributed by atoms with Crippen LogP contribution in [0.5, 0.6) is 0 Å². The number of piperidine rings is 1. The van der Waals surface area contributed by atoms with E-state index in [0.29, 0.717) is 6.54 Å². The molecule has 43 heavy (non-hydrogen) atoms. The summed E-state index contributed by atoms with van der Waals surface area (Å²) in [5.41, 5.74) is 0. The number of aliphatic hydroxyl groups excluding tert-OH is 12. The highest BCUT2D eigenvalue weighted by atomic mass is 16.8. The zero-order valence-electron chi connectivity index (χ0n) is 23.0. The number of hydrogen-bond acceptors (Lipinski definition) is 19. The van der Waals surface area contributed by atoms with Crippen LogP contribution in [0.2, 0.25) is 0 Å². The molecule has 4 heterocycles. The lowest BCUT2D eigenvalue weighted by Crippen LogP contribution is -2.67. The fraction of sp³-hybridized carbons (Fsp3) is 1.00. The van der Waals surface area contributed by atoms with E-state index >= 15 is 0 Å². The molecule has 0 amide bonds. The van der Waals surface area contributed by atoms with Crippen LogP contribution in [0, 0.1) is 5.92 Å². The van der Waals surface area contributed by atoms with Crippen LogP contribution in [0.3, 0.4) is 0 Å². The second-order valence-electron chi connectivity index (χ2n) is 11.1. The Morgan fingerprint density at radius 3 is 1.33 bits per heavy atom. The first-order valence-corrected chi connectivity index (χ1v) is 14.0. The second-order valence-corrected chi connectivity index (χ2v) is 11.1. The van der Waals surface area contributed by atoms with Crippen LogP contribution >= 0.6 is 0 Å². The maximum Gasteiger partial charge on any atom is 0.187 e. The summed E-state index contributed by atoms with van der Waals surface area (Å²) in [5, 5.41) is 126. The number of rotatable bonds is 10. The van der Waals surface area contributed by atoms with Crippen LogP contribution in [0.15, 0.2) is 0 Å². The van der Waals surface area contributed by atoms with E-state index in [1.165, 1.54) is 0 Å². The van der Waals surface area contributed by atoms with Crippen molar-refractivity contribution in [3.05, 3.63) is 0 Å². The fourth-order valence-corrected chi connectivity index (χ4v) is 5.64. The molecule has 4 fully saturated rings. The Kier molecular flexibility index (Phi) is 12.4. The molecule has 0 saturated carbocycles. The van der Waals surface area contributed by atoms with Crippen molar-refractivity contribution >= 4 is 0 Å². The molecule has 0 radical (unpaired) electrons. The SMILES string of the molecule is OC[C@H]1CNC[C@@H](O)[C@@H]1O[C@@H]1O[C@H](CO)[C@@H](O[C@@H]2O[C@H](CO)[C@@H](O[C@@H]3O[C@H](CO)[C@@H](O)[C@H](O)[C@H]3O)[C@H](O)[C@H]2O)[C@H](O)[C@H]1O. The Balaban J connectivity index is 1.42. The van der Waals surface area contributed by atoms with E-state index in [1.807, 2.05) is 0 Å². The molecule has 4 saturated heterocycles. The molecular formula is C24H43NO18. The summed E-state index contributed by atoms with van der Waals surface area (Å²) in [5.74, 6) is -0.570. The Labute approximate surface area is 245 Å². The van der Waals surface area contributed by atoms with Crippen LogP contribution in [0.4, 0.5) is 0 Å². The van der Waals surface area contributed by atoms with Crippen molar-refractivity contribution in [3.8, 4) is 0 Å². The third kappa shape index (κ3) is 7.30. The number of nitrogens with one attached hydrogen (secondary N) is 1. The smallest absolute Gasteiger partial charge is 0.187 e. The normalized spacial score (nSPS) is 51.3. The van der Waals surface area contributed by atoms with Gasteiger partial charge in [0.25, 0.3) is 0 Å². The standard InChI is InChI=1S/C24H43NO18/c26-3-7-1-25-2-8(30)19(7)41-23-17(36)14(33)21(10(5-28)39-23)43-24-18(37)15(34)20(11(6-29)40-24)42-22-16(35)13(32)12(31)9(4-27)38-22/h7-37H,1-6H2/t7-,8-,9-,10-,11-,12-,13+,14-,15-,16-,17-,18-,19-,20-,21-,22+,23+,24+/m1/s1. The van der Waals surface area contributed by atoms with Gasteiger partial charge in [0.2, 0.25) is 0 Å². The third-order valence-electron chi connectivity index (χ3n) is 8.20. The van der Waals surface area contributed by atoms with E-state index in [0.717, 1.165) is 0 Å². The average molecular weight is 634 g/mol. The Morgan fingerprint density at radius 2 is 0.884 bits per heavy atom. The molecule has 0 aliphatic carbocycles. The van der Waals surface area contributed by atoms with Crippen molar-refractivity contribution in [1.82, 2.24) is 5.32 Å². The van der Waals surface area contributed by atoms with Gasteiger partial charge in [0, 0.05) is 25.6 Å². The van der Waals surface area contributed by atoms with Gasteiger partial charge < -0.3 is 95.0 Å². The zero-order valence-corrected chi connectivity index (χ0v) is 23.0. The van der Waals surface area contributed by atoms with Crippen molar-refractivity contribution in [2.24, 2.45) is 5.92 Å². The molecule has 0 aromatic carbocycles. The highest BCUT2D eigenvalue weighted by Gasteiger charge is 2.54. The first-order valence-electron chi connectivity index (χ1n) is 14.0. The van der Waals surface area contributed by atoms with Crippen molar-refractivity contribution in [2.75, 3.05) is 39.5 Å². The molecule has 0 aromatic heterocycles. The lowest BCUT2D eigenvalue weighted by atomic mass is 9.93. The van der Waals surface area contributed by atoms with Gasteiger partial charge in [-0.15, -0.1) is 0 Å². The summed E-state index contributed by atoms with van der Waals surface area (Å²) in [6.45, 7) is -2.32. The minimum Gasteiger partial charge on any atom is -0.396 e. The number of ether oxygens (including phenoxy) is 6. The third-order valence-corrected chi connectivity index (χ3v) is 8.20. The van der Waals surface area contributed by atoms with Crippen molar-refractivity contribution in [2.45, 2.75) is 104 Å². The Morgan fingerprint density at radius 1 is 0.465 bits per heavy atom. The fourth-order valence-electron chi connectivity index (χ4n) is 5.64. The second kappa shape index (κ2) is 15.2. The maximum atomic E-state index is 10.9. The van der Waals surface area contributed by atoms with Gasteiger partial charge >= 0.3 is 0 Å². The molecule has 4 rings (SSSR count). The quantitative estimate of drug-likeness (QED) is 0.106. The Bertz CT molecular complexity index is 855. The summed E-state index contributed by atoms with van der Waals surface area (Å²) in [7, 11) is 0. The van der Waals surface area contributed by atoms with Gasteiger partial charge in [-0.1, -0.05) is 0 Å². The number of hydrogen-bond donors (Lipinski definition) is 13. The molecule has 4 aliphatic heterocycles. The highest BCUT2D eigenvalue weighted by Crippen LogP contribution is 2.33. The summed E-state index contributed by atoms with van der Waals surface area (Å²) in [6, 6.07) is 0. The molecule has 18 atom stereocenters. The summed E-state index contributed by atoms with van der Waals surface area (Å²) in [6.07, 6.45) is -27.4. The van der Waals surface area contributed by atoms with Crippen LogP contribution in [-0.2, 0) is 28.4 Å². The summed E-state index contributed by atoms with van der Waals surface area (Å²) >= 11 is 0. The predicted molar refractivity (Wildman–Crippen MR) is 133 cm³/mol. The molecule has 0 unspecified atom stereocenters. The van der Waals surface area contributed by atoms with Crippen molar-refractivity contribution < 1.29 is 89.7 Å². The average Bonchev–Trinajstić information content (AvgIpc) is 3.00. The van der Waals surface area contributed by atoms with Gasteiger partial charge in [-0.05, 0) is 0 Å². The van der Waals surface area contributed by atoms with Gasteiger partial charge in [-0.2, -0.15) is 0 Å². The van der Waals surface area contributed by atoms with Gasteiger partial charge in [-0.3, -0.25) is 0 Å². The van der Waals surface area contributed by atoms with Gasteiger partial charge in [-0.25, -0.2) is 0 Å². The molecule has 252 valence electrons. The lowest BCUT2D eigenvalue weighted by molar-refractivity contribution is -0.382. The molecule has 4 aliphatic rings. The zero-order chi connectivity index (χ0) is 31.6. The molecule has 19 heteroatoms. The monoisotopic (exact) mass is 633 g/mol. The molecule has 0 aromatic rings. The minimum atomic E-state index is -1.95. The summed E-state index contributed by atoms with van der Waals surface area (Å²) in [4.78, 5) is 0. The van der Waals surface area contributed by atoms with Gasteiger partial charge in [0.05, 0.1) is 32.0 Å². The largest absolute Gasteiger partial charge is 0.396 e. The number of β-amino-alcohol motifs (C(OH)–C–C–N with tert-alkyl or cyclic N) is 1. The summed E-state index contributed by atoms with van der Waals surface area (Å²) < 4.78 is 33.2. The molecule has 13 N–H and O–H groups in total. The molecular weight excluding hydrogens is 590 g/mol. The van der Waals surface area contributed by atoms with E-state index in [1.54, 1.807) is 0 Å². The van der Waals surface area contributed by atoms with Crippen molar-refractivity contribution in [1.29, 1.82) is 0 Å². The van der Waals surface area contributed by atoms with E-state index in [2.05, 4.69) is 5.32 Å². The topological polar surface area (TPSA) is 310 Å². The van der Waals surface area contributed by atoms with Gasteiger partial charge in [0.15, 0.2) is 18.9 Å². The number of aliphatic hydroxyl groups is 12. The predicted octanol–water partition coefficient (Wildman–Crippen LogP) is -8.61. The molecule has 19 nitrogen and oxygen atoms in total. The van der Waals surface area contributed by atoms with E-state index in [-0.39, 0.29) is 13.2 Å². The minimum absolute atomic E-state index is 0.133. The molecule has 0 bridgehead atoms.